The van der Waals surface area contributed by atoms with Crippen LogP contribution in [0.4, 0.5) is 0 Å². The number of rotatable bonds is 6. The first-order valence-electron chi connectivity index (χ1n) is 7.66. The maximum absolute atomic E-state index is 12.2. The van der Waals surface area contributed by atoms with E-state index in [9.17, 15) is 14.4 Å². The number of aryl methyl sites for hydroxylation is 2. The molecule has 1 aliphatic heterocycles. The van der Waals surface area contributed by atoms with Crippen LogP contribution in [0.25, 0.3) is 0 Å². The molecule has 7 heteroatoms. The van der Waals surface area contributed by atoms with Crippen molar-refractivity contribution in [2.45, 2.75) is 26.8 Å². The van der Waals surface area contributed by atoms with E-state index in [0.29, 0.717) is 25.3 Å². The smallest absolute Gasteiger partial charge is 0.253 e. The van der Waals surface area contributed by atoms with E-state index in [1.54, 1.807) is 12.0 Å². The number of H-pyrrole nitrogens is 1. The van der Waals surface area contributed by atoms with E-state index in [4.69, 9.17) is 4.74 Å². The number of aromatic nitrogens is 1. The van der Waals surface area contributed by atoms with Gasteiger partial charge in [0.15, 0.2) is 0 Å². The number of likely N-dealkylation sites (tertiary alicyclic amines) is 1. The molecule has 2 heterocycles. The molecule has 0 radical (unpaired) electrons. The second kappa shape index (κ2) is 7.41. The van der Waals surface area contributed by atoms with Gasteiger partial charge in [0.2, 0.25) is 11.8 Å². The molecule has 0 aromatic carbocycles. The first-order chi connectivity index (χ1) is 10.9. The van der Waals surface area contributed by atoms with Crippen molar-refractivity contribution in [1.82, 2.24) is 15.2 Å². The fourth-order valence-corrected chi connectivity index (χ4v) is 2.79. The molecule has 0 saturated carbocycles. The Labute approximate surface area is 135 Å². The van der Waals surface area contributed by atoms with E-state index >= 15 is 0 Å². The molecule has 0 unspecified atom stereocenters. The average Bonchev–Trinajstić information content (AvgIpc) is 2.85. The molecule has 1 atom stereocenters. The van der Waals surface area contributed by atoms with Gasteiger partial charge in [-0.2, -0.15) is 0 Å². The van der Waals surface area contributed by atoms with Gasteiger partial charge in [0, 0.05) is 44.4 Å². The molecule has 1 saturated heterocycles. The molecule has 23 heavy (non-hydrogen) atoms. The van der Waals surface area contributed by atoms with Crippen LogP contribution in [0.2, 0.25) is 0 Å². The molecule has 7 nitrogen and oxygen atoms in total. The SMILES string of the molecule is COCCN1C[C@H](C(=O)NCc2c(C)cc(C)[nH]c2=O)CC1=O. The summed E-state index contributed by atoms with van der Waals surface area (Å²) in [6.45, 7) is 5.18. The van der Waals surface area contributed by atoms with Crippen molar-refractivity contribution in [3.05, 3.63) is 33.2 Å². The van der Waals surface area contributed by atoms with Gasteiger partial charge >= 0.3 is 0 Å². The van der Waals surface area contributed by atoms with E-state index in [1.807, 2.05) is 19.9 Å². The summed E-state index contributed by atoms with van der Waals surface area (Å²) in [5, 5.41) is 2.77. The second-order valence-electron chi connectivity index (χ2n) is 5.89. The summed E-state index contributed by atoms with van der Waals surface area (Å²) in [5.74, 6) is -0.603. The van der Waals surface area contributed by atoms with Crippen molar-refractivity contribution in [2.24, 2.45) is 5.92 Å². The van der Waals surface area contributed by atoms with Crippen LogP contribution in [0.1, 0.15) is 23.2 Å². The van der Waals surface area contributed by atoms with Crippen molar-refractivity contribution in [3.63, 3.8) is 0 Å². The number of methoxy groups -OCH3 is 1. The van der Waals surface area contributed by atoms with Crippen LogP contribution in [0.3, 0.4) is 0 Å². The lowest BCUT2D eigenvalue weighted by atomic mass is 10.1. The number of nitrogens with zero attached hydrogens (tertiary/aromatic N) is 1. The highest BCUT2D eigenvalue weighted by molar-refractivity contribution is 5.89. The van der Waals surface area contributed by atoms with E-state index in [-0.39, 0.29) is 36.3 Å². The number of hydrogen-bond acceptors (Lipinski definition) is 4. The highest BCUT2D eigenvalue weighted by Gasteiger charge is 2.33. The lowest BCUT2D eigenvalue weighted by molar-refractivity contribution is -0.129. The maximum atomic E-state index is 12.2. The second-order valence-corrected chi connectivity index (χ2v) is 5.89. The first-order valence-corrected chi connectivity index (χ1v) is 7.66. The van der Waals surface area contributed by atoms with Crippen LogP contribution >= 0.6 is 0 Å². The zero-order chi connectivity index (χ0) is 17.0. The van der Waals surface area contributed by atoms with E-state index in [0.717, 1.165) is 11.3 Å². The highest BCUT2D eigenvalue weighted by Crippen LogP contribution is 2.17. The van der Waals surface area contributed by atoms with E-state index < -0.39 is 0 Å². The van der Waals surface area contributed by atoms with Gasteiger partial charge < -0.3 is 19.9 Å². The predicted molar refractivity (Wildman–Crippen MR) is 84.9 cm³/mol. The van der Waals surface area contributed by atoms with Crippen molar-refractivity contribution in [2.75, 3.05) is 26.8 Å². The topological polar surface area (TPSA) is 91.5 Å². The zero-order valence-corrected chi connectivity index (χ0v) is 13.8. The minimum absolute atomic E-state index is 0.0356. The number of nitrogens with one attached hydrogen (secondary N) is 2. The van der Waals surface area contributed by atoms with Gasteiger partial charge in [0.05, 0.1) is 12.5 Å². The van der Waals surface area contributed by atoms with Crippen LogP contribution in [-0.2, 0) is 20.9 Å². The van der Waals surface area contributed by atoms with Gasteiger partial charge in [0.1, 0.15) is 0 Å². The lowest BCUT2D eigenvalue weighted by Crippen LogP contribution is -2.35. The van der Waals surface area contributed by atoms with Gasteiger partial charge in [-0.1, -0.05) is 0 Å². The fourth-order valence-electron chi connectivity index (χ4n) is 2.79. The van der Waals surface area contributed by atoms with E-state index in [2.05, 4.69) is 10.3 Å². The average molecular weight is 321 g/mol. The molecule has 0 spiro atoms. The maximum Gasteiger partial charge on any atom is 0.253 e. The number of pyridine rings is 1. The number of ether oxygens (including phenoxy) is 1. The Morgan fingerprint density at radius 1 is 1.43 bits per heavy atom. The monoisotopic (exact) mass is 321 g/mol. The Kier molecular flexibility index (Phi) is 5.54. The number of hydrogen-bond donors (Lipinski definition) is 2. The summed E-state index contributed by atoms with van der Waals surface area (Å²) in [6, 6.07) is 1.87. The number of carbonyl (C=O) groups excluding carboxylic acids is 2. The number of amides is 2. The minimum atomic E-state index is -0.371. The quantitative estimate of drug-likeness (QED) is 0.777. The molecule has 1 aromatic heterocycles. The van der Waals surface area contributed by atoms with Gasteiger partial charge in [-0.3, -0.25) is 14.4 Å². The summed E-state index contributed by atoms with van der Waals surface area (Å²) in [7, 11) is 1.58. The number of carbonyl (C=O) groups is 2. The van der Waals surface area contributed by atoms with E-state index in [1.165, 1.54) is 0 Å². The fraction of sp³-hybridized carbons (Fsp3) is 0.562. The largest absolute Gasteiger partial charge is 0.383 e. The summed E-state index contributed by atoms with van der Waals surface area (Å²) in [4.78, 5) is 40.4. The first kappa shape index (κ1) is 17.2. The summed E-state index contributed by atoms with van der Waals surface area (Å²) in [5.41, 5.74) is 1.99. The molecule has 1 fully saturated rings. The third-order valence-electron chi connectivity index (χ3n) is 4.08. The van der Waals surface area contributed by atoms with Crippen molar-refractivity contribution in [3.8, 4) is 0 Å². The standard InChI is InChI=1S/C16H23N3O4/c1-10-6-11(2)18-16(22)13(10)8-17-15(21)12-7-14(20)19(9-12)4-5-23-3/h6,12H,4-5,7-9H2,1-3H3,(H,17,21)(H,18,22)/t12-/m1/s1. The van der Waals surface area contributed by atoms with Crippen LogP contribution in [0.15, 0.2) is 10.9 Å². The summed E-state index contributed by atoms with van der Waals surface area (Å²) >= 11 is 0. The Hall–Kier alpha value is -2.15. The van der Waals surface area contributed by atoms with Crippen molar-refractivity contribution in [1.29, 1.82) is 0 Å². The van der Waals surface area contributed by atoms with Crippen LogP contribution in [-0.4, -0.2) is 48.5 Å². The Morgan fingerprint density at radius 2 is 2.17 bits per heavy atom. The van der Waals surface area contributed by atoms with Crippen molar-refractivity contribution < 1.29 is 14.3 Å². The van der Waals surface area contributed by atoms with Crippen LogP contribution < -0.4 is 10.9 Å². The summed E-state index contributed by atoms with van der Waals surface area (Å²) < 4.78 is 4.96. The van der Waals surface area contributed by atoms with Crippen LogP contribution in [0, 0.1) is 19.8 Å². The van der Waals surface area contributed by atoms with Gasteiger partial charge in [-0.15, -0.1) is 0 Å². The van der Waals surface area contributed by atoms with Gasteiger partial charge in [0.25, 0.3) is 5.56 Å². The molecule has 0 aliphatic carbocycles. The molecule has 2 amide bonds. The molecule has 126 valence electrons. The third kappa shape index (κ3) is 4.19. The zero-order valence-electron chi connectivity index (χ0n) is 13.8. The molecular weight excluding hydrogens is 298 g/mol. The van der Waals surface area contributed by atoms with Gasteiger partial charge in [-0.25, -0.2) is 0 Å². The molecule has 2 rings (SSSR count). The lowest BCUT2D eigenvalue weighted by Gasteiger charge is -2.16. The normalized spacial score (nSPS) is 17.6. The molecule has 2 N–H and O–H groups in total. The molecule has 1 aromatic rings. The Balaban J connectivity index is 1.93. The van der Waals surface area contributed by atoms with Crippen molar-refractivity contribution >= 4 is 11.8 Å². The Bertz CT molecular complexity index is 653. The molecule has 1 aliphatic rings. The predicted octanol–water partition coefficient (Wildman–Crippen LogP) is 0.103. The number of aromatic amines is 1. The minimum Gasteiger partial charge on any atom is -0.383 e. The molecule has 0 bridgehead atoms. The van der Waals surface area contributed by atoms with Crippen LogP contribution in [0.5, 0.6) is 0 Å². The highest BCUT2D eigenvalue weighted by atomic mass is 16.5. The third-order valence-corrected chi connectivity index (χ3v) is 4.08. The van der Waals surface area contributed by atoms with Gasteiger partial charge in [-0.05, 0) is 25.5 Å². The Morgan fingerprint density at radius 3 is 2.83 bits per heavy atom. The molecular formula is C16H23N3O4. The summed E-state index contributed by atoms with van der Waals surface area (Å²) in [6.07, 6.45) is 0.207.